The van der Waals surface area contributed by atoms with Crippen molar-refractivity contribution in [1.29, 1.82) is 0 Å². The van der Waals surface area contributed by atoms with E-state index in [-0.39, 0.29) is 24.1 Å². The van der Waals surface area contributed by atoms with Crippen LogP contribution in [0.1, 0.15) is 35.3 Å². The van der Waals surface area contributed by atoms with Crippen LogP contribution in [0.5, 0.6) is 0 Å². The minimum atomic E-state index is -4.51. The van der Waals surface area contributed by atoms with Crippen LogP contribution < -0.4 is 10.6 Å². The molecule has 3 amide bonds. The van der Waals surface area contributed by atoms with Gasteiger partial charge in [0.05, 0.1) is 5.56 Å². The number of halogens is 3. The number of carboxylic acid groups (broad SMARTS) is 1. The highest BCUT2D eigenvalue weighted by Crippen LogP contribution is 2.32. The van der Waals surface area contributed by atoms with E-state index >= 15 is 0 Å². The van der Waals surface area contributed by atoms with Crippen LogP contribution in [0.2, 0.25) is 0 Å². The average molecular weight is 512 g/mol. The molecule has 3 aromatic rings. The van der Waals surface area contributed by atoms with E-state index in [1.807, 2.05) is 6.07 Å². The maximum absolute atomic E-state index is 12.9. The highest BCUT2D eigenvalue weighted by Gasteiger charge is 2.38. The minimum absolute atomic E-state index is 0.00767. The van der Waals surface area contributed by atoms with Crippen molar-refractivity contribution >= 4 is 29.3 Å². The van der Waals surface area contributed by atoms with Gasteiger partial charge in [0, 0.05) is 23.5 Å². The molecule has 192 valence electrons. The Bertz CT molecular complexity index is 1350. The first-order chi connectivity index (χ1) is 17.4. The molecule has 0 spiro atoms. The smallest absolute Gasteiger partial charge is 0.416 e. The van der Waals surface area contributed by atoms with E-state index in [4.69, 9.17) is 0 Å². The minimum Gasteiger partial charge on any atom is -0.480 e. The van der Waals surface area contributed by atoms with Crippen LogP contribution in [0.3, 0.4) is 0 Å². The SMILES string of the molecule is CC(C)[C@@H](C(=O)O)N1Cc2cc(-c3ccc(NC(=O)Nc4cccc(C(F)(F)F)c4)cc3)ccc2C1=O. The number of hydrogen-bond donors (Lipinski definition) is 3. The van der Waals surface area contributed by atoms with Crippen molar-refractivity contribution in [3.05, 3.63) is 83.4 Å². The summed E-state index contributed by atoms with van der Waals surface area (Å²) in [4.78, 5) is 38.1. The number of alkyl halides is 3. The maximum Gasteiger partial charge on any atom is 0.416 e. The Kier molecular flexibility index (Phi) is 6.93. The fourth-order valence-corrected chi connectivity index (χ4v) is 4.34. The molecular formula is C27H24F3N3O4. The molecule has 4 rings (SSSR count). The van der Waals surface area contributed by atoms with Crippen molar-refractivity contribution < 1.29 is 32.7 Å². The van der Waals surface area contributed by atoms with Gasteiger partial charge in [-0.1, -0.05) is 38.1 Å². The largest absolute Gasteiger partial charge is 0.480 e. The van der Waals surface area contributed by atoms with Crippen molar-refractivity contribution in [3.63, 3.8) is 0 Å². The van der Waals surface area contributed by atoms with Gasteiger partial charge in [0.1, 0.15) is 6.04 Å². The molecule has 0 radical (unpaired) electrons. The predicted molar refractivity (Wildman–Crippen MR) is 132 cm³/mol. The van der Waals surface area contributed by atoms with Gasteiger partial charge >= 0.3 is 18.2 Å². The van der Waals surface area contributed by atoms with Crippen LogP contribution in [-0.4, -0.2) is 34.0 Å². The lowest BCUT2D eigenvalue weighted by Gasteiger charge is -2.27. The van der Waals surface area contributed by atoms with Crippen molar-refractivity contribution in [3.8, 4) is 11.1 Å². The van der Waals surface area contributed by atoms with Gasteiger partial charge in [0.15, 0.2) is 0 Å². The number of anilines is 2. The van der Waals surface area contributed by atoms with E-state index in [0.29, 0.717) is 11.3 Å². The molecule has 10 heteroatoms. The summed E-state index contributed by atoms with van der Waals surface area (Å²) < 4.78 is 38.6. The number of nitrogens with zero attached hydrogens (tertiary/aromatic N) is 1. The third-order valence-electron chi connectivity index (χ3n) is 6.08. The molecule has 1 heterocycles. The lowest BCUT2D eigenvalue weighted by atomic mass is 10.0. The summed E-state index contributed by atoms with van der Waals surface area (Å²) in [5.74, 6) is -1.60. The zero-order valence-corrected chi connectivity index (χ0v) is 20.0. The fraction of sp³-hybridized carbons (Fsp3) is 0.222. The lowest BCUT2D eigenvalue weighted by Crippen LogP contribution is -2.44. The predicted octanol–water partition coefficient (Wildman–Crippen LogP) is 6.08. The molecule has 37 heavy (non-hydrogen) atoms. The van der Waals surface area contributed by atoms with E-state index < -0.39 is 29.8 Å². The Hall–Kier alpha value is -4.34. The lowest BCUT2D eigenvalue weighted by molar-refractivity contribution is -0.144. The van der Waals surface area contributed by atoms with Crippen LogP contribution in [0.15, 0.2) is 66.7 Å². The summed E-state index contributed by atoms with van der Waals surface area (Å²) in [6, 6.07) is 14.8. The van der Waals surface area contributed by atoms with Crippen LogP contribution >= 0.6 is 0 Å². The molecule has 0 unspecified atom stereocenters. The quantitative estimate of drug-likeness (QED) is 0.374. The van der Waals surface area contributed by atoms with E-state index in [1.165, 1.54) is 17.0 Å². The number of carbonyl (C=O) groups excluding carboxylic acids is 2. The third-order valence-corrected chi connectivity index (χ3v) is 6.08. The first-order valence-electron chi connectivity index (χ1n) is 11.5. The molecule has 1 aliphatic heterocycles. The van der Waals surface area contributed by atoms with Crippen LogP contribution in [-0.2, 0) is 17.5 Å². The number of hydrogen-bond acceptors (Lipinski definition) is 3. The van der Waals surface area contributed by atoms with E-state index in [9.17, 15) is 32.7 Å². The van der Waals surface area contributed by atoms with Crippen LogP contribution in [0, 0.1) is 5.92 Å². The normalized spacial score (nSPS) is 13.9. The third kappa shape index (κ3) is 5.58. The van der Waals surface area contributed by atoms with Crippen LogP contribution in [0.25, 0.3) is 11.1 Å². The van der Waals surface area contributed by atoms with E-state index in [2.05, 4.69) is 10.6 Å². The molecule has 0 aromatic heterocycles. The van der Waals surface area contributed by atoms with Gasteiger partial charge in [-0.25, -0.2) is 9.59 Å². The molecule has 7 nitrogen and oxygen atoms in total. The summed E-state index contributed by atoms with van der Waals surface area (Å²) in [7, 11) is 0. The number of carbonyl (C=O) groups is 3. The summed E-state index contributed by atoms with van der Waals surface area (Å²) in [5, 5.41) is 14.5. The Morgan fingerprint density at radius 2 is 1.57 bits per heavy atom. The molecule has 0 aliphatic carbocycles. The van der Waals surface area contributed by atoms with Crippen molar-refractivity contribution in [2.45, 2.75) is 32.6 Å². The Labute approximate surface area is 210 Å². The second-order valence-electron chi connectivity index (χ2n) is 9.07. The number of aliphatic carboxylic acids is 1. The first-order valence-corrected chi connectivity index (χ1v) is 11.5. The Balaban J connectivity index is 1.44. The van der Waals surface area contributed by atoms with Gasteiger partial charge in [0.25, 0.3) is 5.91 Å². The Morgan fingerprint density at radius 1 is 0.919 bits per heavy atom. The number of urea groups is 1. The van der Waals surface area contributed by atoms with Crippen molar-refractivity contribution in [2.24, 2.45) is 5.92 Å². The van der Waals surface area contributed by atoms with Gasteiger partial charge in [-0.05, 0) is 65.1 Å². The number of benzene rings is 3. The van der Waals surface area contributed by atoms with Gasteiger partial charge in [-0.3, -0.25) is 4.79 Å². The van der Waals surface area contributed by atoms with Gasteiger partial charge in [0.2, 0.25) is 0 Å². The number of rotatable bonds is 6. The van der Waals surface area contributed by atoms with Crippen LogP contribution in [0.4, 0.5) is 29.3 Å². The van der Waals surface area contributed by atoms with Crippen molar-refractivity contribution in [1.82, 2.24) is 4.90 Å². The molecule has 3 N–H and O–H groups in total. The number of fused-ring (bicyclic) bond motifs is 1. The molecule has 1 aliphatic rings. The molecule has 0 saturated carbocycles. The maximum atomic E-state index is 12.9. The summed E-state index contributed by atoms with van der Waals surface area (Å²) in [6.45, 7) is 3.72. The topological polar surface area (TPSA) is 98.7 Å². The van der Waals surface area contributed by atoms with Gasteiger partial charge in [-0.2, -0.15) is 13.2 Å². The number of nitrogens with one attached hydrogen (secondary N) is 2. The molecule has 3 aromatic carbocycles. The summed E-state index contributed by atoms with van der Waals surface area (Å²) in [5.41, 5.74) is 2.39. The molecule has 1 atom stereocenters. The highest BCUT2D eigenvalue weighted by atomic mass is 19.4. The van der Waals surface area contributed by atoms with Gasteiger partial charge in [-0.15, -0.1) is 0 Å². The second-order valence-corrected chi connectivity index (χ2v) is 9.07. The van der Waals surface area contributed by atoms with E-state index in [0.717, 1.165) is 28.8 Å². The zero-order chi connectivity index (χ0) is 26.9. The van der Waals surface area contributed by atoms with Gasteiger partial charge < -0.3 is 20.6 Å². The first kappa shape index (κ1) is 25.7. The average Bonchev–Trinajstić information content (AvgIpc) is 3.14. The molecule has 0 fully saturated rings. The Morgan fingerprint density at radius 3 is 2.19 bits per heavy atom. The highest BCUT2D eigenvalue weighted by molar-refractivity contribution is 6.01. The fourth-order valence-electron chi connectivity index (χ4n) is 4.34. The van der Waals surface area contributed by atoms with E-state index in [1.54, 1.807) is 50.2 Å². The molecule has 0 saturated heterocycles. The monoisotopic (exact) mass is 511 g/mol. The zero-order valence-electron chi connectivity index (χ0n) is 20.0. The summed E-state index contributed by atoms with van der Waals surface area (Å²) in [6.07, 6.45) is -4.51. The number of carboxylic acids is 1. The standard InChI is InChI=1S/C27H24F3N3O4/c1-15(2)23(25(35)36)33-14-18-12-17(8-11-22(18)24(33)34)16-6-9-20(10-7-16)31-26(37)32-21-5-3-4-19(13-21)27(28,29)30/h3-13,15,23H,14H2,1-2H3,(H,35,36)(H2,31,32,37)/t23-/m0/s1. The second kappa shape index (κ2) is 9.96. The number of amides is 3. The molecular weight excluding hydrogens is 487 g/mol. The summed E-state index contributed by atoms with van der Waals surface area (Å²) >= 11 is 0. The molecule has 0 bridgehead atoms. The van der Waals surface area contributed by atoms with Crippen molar-refractivity contribution in [2.75, 3.05) is 10.6 Å².